The Morgan fingerprint density at radius 3 is 2.37 bits per heavy atom. The van der Waals surface area contributed by atoms with E-state index in [9.17, 15) is 14.4 Å². The molecule has 1 aliphatic heterocycles. The average molecular weight is 472 g/mol. The number of benzene rings is 2. The smallest absolute Gasteiger partial charge is 0.260 e. The monoisotopic (exact) mass is 471 g/mol. The highest BCUT2D eigenvalue weighted by molar-refractivity contribution is 6.05. The third-order valence-electron chi connectivity index (χ3n) is 6.93. The Kier molecular flexibility index (Phi) is 5.96. The van der Waals surface area contributed by atoms with E-state index in [1.807, 2.05) is 36.1 Å². The number of hydrogen-bond donors (Lipinski definition) is 0. The van der Waals surface area contributed by atoms with Gasteiger partial charge < -0.3 is 9.80 Å². The maximum Gasteiger partial charge on any atom is 0.260 e. The van der Waals surface area contributed by atoms with Crippen molar-refractivity contribution in [1.82, 2.24) is 20.0 Å². The Labute approximate surface area is 204 Å². The van der Waals surface area contributed by atoms with Crippen LogP contribution in [0.3, 0.4) is 0 Å². The zero-order valence-corrected chi connectivity index (χ0v) is 20.3. The van der Waals surface area contributed by atoms with Gasteiger partial charge in [0.15, 0.2) is 5.82 Å². The van der Waals surface area contributed by atoms with Crippen molar-refractivity contribution in [1.29, 1.82) is 0 Å². The Bertz CT molecular complexity index is 1330. The number of amides is 3. The molecule has 35 heavy (non-hydrogen) atoms. The predicted molar refractivity (Wildman–Crippen MR) is 134 cm³/mol. The van der Waals surface area contributed by atoms with E-state index in [0.717, 1.165) is 46.1 Å². The lowest BCUT2D eigenvalue weighted by molar-refractivity contribution is -0.129. The first kappa shape index (κ1) is 23.0. The normalized spacial score (nSPS) is 15.9. The fraction of sp³-hybridized carbons (Fsp3) is 0.370. The minimum absolute atomic E-state index is 0.0275. The van der Waals surface area contributed by atoms with Crippen molar-refractivity contribution in [3.8, 4) is 11.1 Å². The highest BCUT2D eigenvalue weighted by atomic mass is 16.2. The second-order valence-corrected chi connectivity index (χ2v) is 9.42. The molecule has 2 fully saturated rings. The van der Waals surface area contributed by atoms with Crippen LogP contribution in [0.1, 0.15) is 42.6 Å². The van der Waals surface area contributed by atoms with E-state index in [4.69, 9.17) is 0 Å². The van der Waals surface area contributed by atoms with Gasteiger partial charge in [-0.25, -0.2) is 0 Å². The van der Waals surface area contributed by atoms with Crippen molar-refractivity contribution in [3.63, 3.8) is 0 Å². The highest BCUT2D eigenvalue weighted by Crippen LogP contribution is 2.33. The lowest BCUT2D eigenvalue weighted by Gasteiger charge is -2.35. The van der Waals surface area contributed by atoms with Crippen LogP contribution in [0.4, 0.5) is 5.82 Å². The summed E-state index contributed by atoms with van der Waals surface area (Å²) in [7, 11) is 0. The van der Waals surface area contributed by atoms with Crippen molar-refractivity contribution < 1.29 is 14.4 Å². The van der Waals surface area contributed by atoms with E-state index in [1.54, 1.807) is 19.2 Å². The molecule has 1 saturated heterocycles. The van der Waals surface area contributed by atoms with Gasteiger partial charge in [-0.15, -0.1) is 5.10 Å². The number of piperazine rings is 1. The third kappa shape index (κ3) is 4.48. The second kappa shape index (κ2) is 9.09. The number of carbonyl (C=O) groups is 3. The number of aromatic nitrogens is 2. The van der Waals surface area contributed by atoms with Crippen molar-refractivity contribution in [2.24, 2.45) is 0 Å². The minimum atomic E-state index is -0.236. The zero-order valence-electron chi connectivity index (χ0n) is 20.3. The van der Waals surface area contributed by atoms with Gasteiger partial charge in [0.2, 0.25) is 11.8 Å². The Morgan fingerprint density at radius 1 is 0.971 bits per heavy atom. The maximum atomic E-state index is 13.1. The zero-order chi connectivity index (χ0) is 24.7. The van der Waals surface area contributed by atoms with Gasteiger partial charge in [0.1, 0.15) is 0 Å². The van der Waals surface area contributed by atoms with Crippen molar-refractivity contribution in [2.45, 2.75) is 39.7 Å². The summed E-state index contributed by atoms with van der Waals surface area (Å²) < 4.78 is 0. The van der Waals surface area contributed by atoms with Gasteiger partial charge in [0.05, 0.1) is 6.20 Å². The van der Waals surface area contributed by atoms with Crippen LogP contribution >= 0.6 is 0 Å². The average Bonchev–Trinajstić information content (AvgIpc) is 3.68. The van der Waals surface area contributed by atoms with Crippen LogP contribution in [0, 0.1) is 6.92 Å². The number of imide groups is 1. The van der Waals surface area contributed by atoms with Crippen LogP contribution in [0.2, 0.25) is 0 Å². The molecule has 2 aliphatic rings. The van der Waals surface area contributed by atoms with Gasteiger partial charge in [0.25, 0.3) is 5.91 Å². The molecule has 0 atom stereocenters. The van der Waals surface area contributed by atoms with Gasteiger partial charge >= 0.3 is 0 Å². The standard InChI is InChI=1S/C27H29N5O3/c1-17-4-5-21(27(35)32(19(3)34)23-7-8-23)15-25(17)20-6-9-24-22(14-20)16-28-29-26(24)31-12-10-30(11-13-31)18(2)33/h4-6,9,14-16,23H,7-8,10-13H2,1-3H3. The van der Waals surface area contributed by atoms with E-state index in [1.165, 1.54) is 11.8 Å². The lowest BCUT2D eigenvalue weighted by atomic mass is 9.96. The third-order valence-corrected chi connectivity index (χ3v) is 6.93. The number of rotatable bonds is 4. The number of fused-ring (bicyclic) bond motifs is 1. The van der Waals surface area contributed by atoms with Gasteiger partial charge in [0, 0.05) is 62.4 Å². The molecular formula is C27H29N5O3. The van der Waals surface area contributed by atoms with Crippen molar-refractivity contribution in [2.75, 3.05) is 31.1 Å². The Balaban J connectivity index is 1.46. The summed E-state index contributed by atoms with van der Waals surface area (Å²) in [6, 6.07) is 11.8. The number of hydrogen-bond acceptors (Lipinski definition) is 6. The summed E-state index contributed by atoms with van der Waals surface area (Å²) in [4.78, 5) is 42.3. The molecule has 3 amide bonds. The molecule has 0 N–H and O–H groups in total. The van der Waals surface area contributed by atoms with Gasteiger partial charge in [-0.05, 0) is 60.7 Å². The van der Waals surface area contributed by atoms with Crippen molar-refractivity contribution >= 4 is 34.3 Å². The number of nitrogens with zero attached hydrogens (tertiary/aromatic N) is 5. The van der Waals surface area contributed by atoms with E-state index < -0.39 is 0 Å². The fourth-order valence-electron chi connectivity index (χ4n) is 4.81. The Morgan fingerprint density at radius 2 is 1.71 bits per heavy atom. The van der Waals surface area contributed by atoms with Gasteiger partial charge in [-0.2, -0.15) is 5.10 Å². The van der Waals surface area contributed by atoms with E-state index in [2.05, 4.69) is 21.2 Å². The first-order chi connectivity index (χ1) is 16.8. The molecule has 0 radical (unpaired) electrons. The van der Waals surface area contributed by atoms with Crippen LogP contribution < -0.4 is 4.90 Å². The largest absolute Gasteiger partial charge is 0.351 e. The fourth-order valence-corrected chi connectivity index (χ4v) is 4.81. The summed E-state index contributed by atoms with van der Waals surface area (Å²) >= 11 is 0. The first-order valence-electron chi connectivity index (χ1n) is 12.0. The molecule has 2 heterocycles. The summed E-state index contributed by atoms with van der Waals surface area (Å²) in [6.45, 7) is 7.84. The molecular weight excluding hydrogens is 442 g/mol. The topological polar surface area (TPSA) is 86.7 Å². The molecule has 8 nitrogen and oxygen atoms in total. The second-order valence-electron chi connectivity index (χ2n) is 9.42. The highest BCUT2D eigenvalue weighted by Gasteiger charge is 2.36. The van der Waals surface area contributed by atoms with Crippen LogP contribution in [-0.4, -0.2) is 69.9 Å². The molecule has 1 aromatic heterocycles. The number of carbonyl (C=O) groups excluding carboxylic acids is 3. The quantitative estimate of drug-likeness (QED) is 0.580. The molecule has 1 saturated carbocycles. The summed E-state index contributed by atoms with van der Waals surface area (Å²) in [5.74, 6) is 0.470. The van der Waals surface area contributed by atoms with E-state index in [-0.39, 0.29) is 23.8 Å². The van der Waals surface area contributed by atoms with Crippen LogP contribution in [-0.2, 0) is 9.59 Å². The summed E-state index contributed by atoms with van der Waals surface area (Å²) in [5.41, 5.74) is 3.49. The molecule has 1 aliphatic carbocycles. The van der Waals surface area contributed by atoms with Crippen LogP contribution in [0.5, 0.6) is 0 Å². The van der Waals surface area contributed by atoms with Crippen LogP contribution in [0.25, 0.3) is 21.9 Å². The first-order valence-corrected chi connectivity index (χ1v) is 12.0. The van der Waals surface area contributed by atoms with E-state index >= 15 is 0 Å². The molecule has 5 rings (SSSR count). The SMILES string of the molecule is CC(=O)N1CCN(c2nncc3cc(-c4cc(C(=O)N(C(C)=O)C5CC5)ccc4C)ccc23)CC1. The van der Waals surface area contributed by atoms with E-state index in [0.29, 0.717) is 31.7 Å². The molecule has 0 spiro atoms. The van der Waals surface area contributed by atoms with Crippen molar-refractivity contribution in [3.05, 3.63) is 53.7 Å². The van der Waals surface area contributed by atoms with Gasteiger partial charge in [-0.1, -0.05) is 12.1 Å². The molecule has 2 aromatic carbocycles. The molecule has 8 heteroatoms. The minimum Gasteiger partial charge on any atom is -0.351 e. The molecule has 0 bridgehead atoms. The van der Waals surface area contributed by atoms with Crippen LogP contribution in [0.15, 0.2) is 42.6 Å². The predicted octanol–water partition coefficient (Wildman–Crippen LogP) is 3.42. The lowest BCUT2D eigenvalue weighted by Crippen LogP contribution is -2.48. The number of aryl methyl sites for hydroxylation is 1. The maximum absolute atomic E-state index is 13.1. The van der Waals surface area contributed by atoms with Gasteiger partial charge in [-0.3, -0.25) is 19.3 Å². The summed E-state index contributed by atoms with van der Waals surface area (Å²) in [5, 5.41) is 10.6. The Hall–Kier alpha value is -3.81. The molecule has 0 unspecified atom stereocenters. The molecule has 3 aromatic rings. The molecule has 180 valence electrons. The summed E-state index contributed by atoms with van der Waals surface area (Å²) in [6.07, 6.45) is 3.51. The number of anilines is 1.